The largest absolute Gasteiger partial charge is 0.391 e. The van der Waals surface area contributed by atoms with Gasteiger partial charge in [0.1, 0.15) is 11.5 Å². The standard InChI is InChI=1S/C17H21N7O2/c18-17-21-13-3-8-23(16(26)14-9-19-4-5-20-14)7-2-12(13)15(22-17)24-6-1-11(25)10-24/h4-5,9,11,25H,1-3,6-8,10H2,(H2,18,21,22)/t11-/m0/s1. The lowest BCUT2D eigenvalue weighted by atomic mass is 10.1. The molecule has 1 saturated heterocycles. The zero-order chi connectivity index (χ0) is 18.1. The summed E-state index contributed by atoms with van der Waals surface area (Å²) in [5.74, 6) is 0.886. The highest BCUT2D eigenvalue weighted by molar-refractivity contribution is 5.92. The van der Waals surface area contributed by atoms with Crippen LogP contribution >= 0.6 is 0 Å². The van der Waals surface area contributed by atoms with Crippen LogP contribution in [0.2, 0.25) is 0 Å². The number of aliphatic hydroxyl groups is 1. The summed E-state index contributed by atoms with van der Waals surface area (Å²) in [4.78, 5) is 33.4. The van der Waals surface area contributed by atoms with Gasteiger partial charge in [-0.1, -0.05) is 0 Å². The first-order chi connectivity index (χ1) is 12.6. The molecule has 0 radical (unpaired) electrons. The van der Waals surface area contributed by atoms with Crippen molar-refractivity contribution in [3.63, 3.8) is 0 Å². The molecule has 2 aromatic rings. The van der Waals surface area contributed by atoms with Gasteiger partial charge in [-0.05, 0) is 12.8 Å². The number of carbonyl (C=O) groups is 1. The summed E-state index contributed by atoms with van der Waals surface area (Å²) in [7, 11) is 0. The fraction of sp³-hybridized carbons (Fsp3) is 0.471. The molecular formula is C17H21N7O2. The number of aliphatic hydroxyl groups excluding tert-OH is 1. The predicted molar refractivity (Wildman–Crippen MR) is 94.6 cm³/mol. The van der Waals surface area contributed by atoms with E-state index in [1.54, 1.807) is 11.1 Å². The van der Waals surface area contributed by atoms with Crippen LogP contribution in [-0.4, -0.2) is 68.1 Å². The van der Waals surface area contributed by atoms with Crippen LogP contribution in [0.5, 0.6) is 0 Å². The number of nitrogens with two attached hydrogens (primary N) is 1. The number of anilines is 2. The number of nitrogens with zero attached hydrogens (tertiary/aromatic N) is 6. The number of fused-ring (bicyclic) bond motifs is 1. The highest BCUT2D eigenvalue weighted by atomic mass is 16.3. The molecule has 0 saturated carbocycles. The first kappa shape index (κ1) is 16.6. The Bertz CT molecular complexity index is 814. The highest BCUT2D eigenvalue weighted by Crippen LogP contribution is 2.28. The number of hydrogen-bond donors (Lipinski definition) is 2. The Labute approximate surface area is 150 Å². The number of hydrogen-bond acceptors (Lipinski definition) is 8. The van der Waals surface area contributed by atoms with E-state index in [2.05, 4.69) is 24.8 Å². The molecule has 9 heteroatoms. The van der Waals surface area contributed by atoms with E-state index in [9.17, 15) is 9.90 Å². The summed E-state index contributed by atoms with van der Waals surface area (Å²) < 4.78 is 0. The molecule has 0 bridgehead atoms. The van der Waals surface area contributed by atoms with Crippen LogP contribution in [0.4, 0.5) is 11.8 Å². The molecule has 136 valence electrons. The molecule has 1 fully saturated rings. The maximum atomic E-state index is 12.7. The first-order valence-electron chi connectivity index (χ1n) is 8.75. The Hall–Kier alpha value is -2.81. The smallest absolute Gasteiger partial charge is 0.274 e. The number of β-amino-alcohol motifs (C(OH)–C–C–N with tert-alkyl or cyclic N) is 1. The Kier molecular flexibility index (Phi) is 4.37. The maximum absolute atomic E-state index is 12.7. The SMILES string of the molecule is Nc1nc2c(c(N3CC[C@H](O)C3)n1)CCN(C(=O)c1cnccn1)CC2. The Morgan fingerprint density at radius 3 is 2.77 bits per heavy atom. The third-order valence-corrected chi connectivity index (χ3v) is 4.87. The van der Waals surface area contributed by atoms with E-state index in [1.165, 1.54) is 12.4 Å². The van der Waals surface area contributed by atoms with Crippen LogP contribution in [0.25, 0.3) is 0 Å². The van der Waals surface area contributed by atoms with E-state index in [0.717, 1.165) is 30.0 Å². The molecule has 9 nitrogen and oxygen atoms in total. The second kappa shape index (κ2) is 6.83. The average Bonchev–Trinajstić information content (AvgIpc) is 2.97. The first-order valence-corrected chi connectivity index (χ1v) is 8.75. The summed E-state index contributed by atoms with van der Waals surface area (Å²) in [5.41, 5.74) is 8.15. The molecular weight excluding hydrogens is 334 g/mol. The normalized spacial score (nSPS) is 20.0. The van der Waals surface area contributed by atoms with Crippen LogP contribution in [0.1, 0.15) is 28.2 Å². The fourth-order valence-corrected chi connectivity index (χ4v) is 3.57. The topological polar surface area (TPSA) is 121 Å². The summed E-state index contributed by atoms with van der Waals surface area (Å²) in [5, 5.41) is 9.85. The molecule has 0 spiro atoms. The Morgan fingerprint density at radius 1 is 1.19 bits per heavy atom. The van der Waals surface area contributed by atoms with Crippen LogP contribution in [0.15, 0.2) is 18.6 Å². The van der Waals surface area contributed by atoms with E-state index in [-0.39, 0.29) is 18.0 Å². The van der Waals surface area contributed by atoms with Crippen LogP contribution in [0.3, 0.4) is 0 Å². The maximum Gasteiger partial charge on any atom is 0.274 e. The second-order valence-corrected chi connectivity index (χ2v) is 6.60. The van der Waals surface area contributed by atoms with E-state index in [1.807, 2.05) is 0 Å². The van der Waals surface area contributed by atoms with Crippen molar-refractivity contribution in [3.05, 3.63) is 35.5 Å². The number of rotatable bonds is 2. The molecule has 0 aliphatic carbocycles. The van der Waals surface area contributed by atoms with E-state index in [4.69, 9.17) is 5.73 Å². The molecule has 26 heavy (non-hydrogen) atoms. The van der Waals surface area contributed by atoms with Crippen molar-refractivity contribution >= 4 is 17.7 Å². The molecule has 1 atom stereocenters. The molecule has 0 unspecified atom stereocenters. The van der Waals surface area contributed by atoms with Crippen LogP contribution in [-0.2, 0) is 12.8 Å². The van der Waals surface area contributed by atoms with Gasteiger partial charge >= 0.3 is 0 Å². The number of carbonyl (C=O) groups excluding carboxylic acids is 1. The number of nitrogen functional groups attached to an aromatic ring is 1. The molecule has 2 aliphatic heterocycles. The van der Waals surface area contributed by atoms with E-state index >= 15 is 0 Å². The zero-order valence-electron chi connectivity index (χ0n) is 14.4. The van der Waals surface area contributed by atoms with Gasteiger partial charge in [0.05, 0.1) is 18.0 Å². The van der Waals surface area contributed by atoms with E-state index < -0.39 is 0 Å². The summed E-state index contributed by atoms with van der Waals surface area (Å²) >= 11 is 0. The minimum Gasteiger partial charge on any atom is -0.391 e. The highest BCUT2D eigenvalue weighted by Gasteiger charge is 2.28. The molecule has 4 rings (SSSR count). The Morgan fingerprint density at radius 2 is 2.04 bits per heavy atom. The molecule has 2 aromatic heterocycles. The second-order valence-electron chi connectivity index (χ2n) is 6.60. The summed E-state index contributed by atoms with van der Waals surface area (Å²) in [6.07, 6.45) is 6.17. The van der Waals surface area contributed by atoms with Gasteiger partial charge in [0.15, 0.2) is 0 Å². The zero-order valence-corrected chi connectivity index (χ0v) is 14.4. The molecule has 4 heterocycles. The third kappa shape index (κ3) is 3.17. The van der Waals surface area contributed by atoms with Crippen molar-refractivity contribution in [3.8, 4) is 0 Å². The fourth-order valence-electron chi connectivity index (χ4n) is 3.57. The van der Waals surface area contributed by atoms with E-state index in [0.29, 0.717) is 38.2 Å². The van der Waals surface area contributed by atoms with Crippen LogP contribution in [0, 0.1) is 0 Å². The van der Waals surface area contributed by atoms with Gasteiger partial charge in [0, 0.05) is 50.6 Å². The van der Waals surface area contributed by atoms with Gasteiger partial charge in [0.25, 0.3) is 5.91 Å². The Balaban J connectivity index is 1.59. The summed E-state index contributed by atoms with van der Waals surface area (Å²) in [6.45, 7) is 2.39. The average molecular weight is 355 g/mol. The van der Waals surface area contributed by atoms with Gasteiger partial charge in [0.2, 0.25) is 5.95 Å². The van der Waals surface area contributed by atoms with Gasteiger partial charge in [-0.3, -0.25) is 9.78 Å². The molecule has 3 N–H and O–H groups in total. The van der Waals surface area contributed by atoms with Gasteiger partial charge in [-0.15, -0.1) is 0 Å². The van der Waals surface area contributed by atoms with Crippen molar-refractivity contribution in [2.45, 2.75) is 25.4 Å². The van der Waals surface area contributed by atoms with Gasteiger partial charge in [-0.2, -0.15) is 4.98 Å². The minimum atomic E-state index is -0.345. The third-order valence-electron chi connectivity index (χ3n) is 4.87. The van der Waals surface area contributed by atoms with Crippen molar-refractivity contribution in [2.24, 2.45) is 0 Å². The van der Waals surface area contributed by atoms with Crippen molar-refractivity contribution in [2.75, 3.05) is 36.8 Å². The lowest BCUT2D eigenvalue weighted by molar-refractivity contribution is 0.0756. The quantitative estimate of drug-likeness (QED) is 0.750. The van der Waals surface area contributed by atoms with Crippen molar-refractivity contribution < 1.29 is 9.90 Å². The lowest BCUT2D eigenvalue weighted by Crippen LogP contribution is -2.34. The monoisotopic (exact) mass is 355 g/mol. The number of aromatic nitrogens is 4. The van der Waals surface area contributed by atoms with Crippen molar-refractivity contribution in [1.29, 1.82) is 0 Å². The molecule has 1 amide bonds. The van der Waals surface area contributed by atoms with Gasteiger partial charge < -0.3 is 20.6 Å². The van der Waals surface area contributed by atoms with Gasteiger partial charge in [-0.25, -0.2) is 9.97 Å². The molecule has 0 aromatic carbocycles. The number of amides is 1. The van der Waals surface area contributed by atoms with Crippen molar-refractivity contribution in [1.82, 2.24) is 24.8 Å². The molecule has 2 aliphatic rings. The predicted octanol–water partition coefficient (Wildman–Crippen LogP) is -0.339. The lowest BCUT2D eigenvalue weighted by Gasteiger charge is -2.22. The summed E-state index contributed by atoms with van der Waals surface area (Å²) in [6, 6.07) is 0. The van der Waals surface area contributed by atoms with Crippen LogP contribution < -0.4 is 10.6 Å². The minimum absolute atomic E-state index is 0.134.